The monoisotopic (exact) mass is 494 g/mol. The van der Waals surface area contributed by atoms with Gasteiger partial charge in [-0.2, -0.15) is 0 Å². The van der Waals surface area contributed by atoms with Gasteiger partial charge in [0.05, 0.1) is 28.5 Å². The Bertz CT molecular complexity index is 1360. The zero-order chi connectivity index (χ0) is 24.2. The predicted molar refractivity (Wildman–Crippen MR) is 132 cm³/mol. The van der Waals surface area contributed by atoms with Crippen molar-refractivity contribution >= 4 is 29.2 Å². The van der Waals surface area contributed by atoms with E-state index in [0.717, 1.165) is 16.9 Å². The number of rotatable bonds is 7. The summed E-state index contributed by atoms with van der Waals surface area (Å²) in [4.78, 5) is 20.4. The second kappa shape index (κ2) is 10.1. The Labute approximate surface area is 206 Å². The lowest BCUT2D eigenvalue weighted by molar-refractivity contribution is 0.0690. The number of halogens is 2. The predicted octanol–water partition coefficient (Wildman–Crippen LogP) is 6.71. The lowest BCUT2D eigenvalue weighted by atomic mass is 10.0. The van der Waals surface area contributed by atoms with E-state index in [9.17, 15) is 9.90 Å². The van der Waals surface area contributed by atoms with E-state index in [-0.39, 0.29) is 12.3 Å². The maximum Gasteiger partial charge on any atom is 0.354 e. The molecule has 0 aliphatic rings. The Kier molecular flexibility index (Phi) is 7.01. The van der Waals surface area contributed by atoms with Crippen LogP contribution in [0.3, 0.4) is 0 Å². The smallest absolute Gasteiger partial charge is 0.354 e. The number of hydrogen-bond donors (Lipinski definition) is 1. The zero-order valence-corrected chi connectivity index (χ0v) is 19.9. The van der Waals surface area contributed by atoms with Crippen molar-refractivity contribution in [2.45, 2.75) is 13.5 Å². The van der Waals surface area contributed by atoms with Gasteiger partial charge in [0.25, 0.3) is 0 Å². The van der Waals surface area contributed by atoms with Crippen LogP contribution in [0.5, 0.6) is 11.5 Å². The molecule has 2 aromatic carbocycles. The molecule has 8 heteroatoms. The number of benzene rings is 2. The molecular formula is C26H20Cl2N2O4. The lowest BCUT2D eigenvalue weighted by Gasteiger charge is -2.14. The van der Waals surface area contributed by atoms with Crippen LogP contribution in [-0.4, -0.2) is 28.2 Å². The second-order valence-electron chi connectivity index (χ2n) is 7.52. The van der Waals surface area contributed by atoms with Crippen molar-refractivity contribution in [1.82, 2.24) is 9.97 Å². The van der Waals surface area contributed by atoms with Gasteiger partial charge in [0.2, 0.25) is 0 Å². The van der Waals surface area contributed by atoms with Crippen LogP contribution in [-0.2, 0) is 6.61 Å². The number of pyridine rings is 2. The summed E-state index contributed by atoms with van der Waals surface area (Å²) in [6.45, 7) is 2.18. The molecule has 0 amide bonds. The molecule has 4 aromatic rings. The number of carboxylic acids is 1. The van der Waals surface area contributed by atoms with Crippen LogP contribution in [0, 0.1) is 6.92 Å². The molecule has 0 saturated heterocycles. The highest BCUT2D eigenvalue weighted by Gasteiger charge is 2.18. The Hall–Kier alpha value is -3.61. The molecule has 2 aromatic heterocycles. The van der Waals surface area contributed by atoms with Crippen LogP contribution in [0.15, 0.2) is 66.9 Å². The third-order valence-corrected chi connectivity index (χ3v) is 5.71. The van der Waals surface area contributed by atoms with Gasteiger partial charge in [-0.15, -0.1) is 0 Å². The number of aromatic nitrogens is 2. The molecule has 0 radical (unpaired) electrons. The van der Waals surface area contributed by atoms with Gasteiger partial charge in [-0.25, -0.2) is 9.78 Å². The summed E-state index contributed by atoms with van der Waals surface area (Å²) in [6, 6.07) is 17.5. The summed E-state index contributed by atoms with van der Waals surface area (Å²) in [5, 5.41) is 10.4. The van der Waals surface area contributed by atoms with Gasteiger partial charge < -0.3 is 14.6 Å². The zero-order valence-electron chi connectivity index (χ0n) is 18.4. The topological polar surface area (TPSA) is 81.5 Å². The molecule has 2 heterocycles. The molecule has 0 bridgehead atoms. The minimum Gasteiger partial charge on any atom is -0.497 e. The fourth-order valence-electron chi connectivity index (χ4n) is 3.37. The molecule has 0 saturated carbocycles. The highest BCUT2D eigenvalue weighted by Crippen LogP contribution is 2.37. The molecule has 172 valence electrons. The van der Waals surface area contributed by atoms with Gasteiger partial charge in [0.15, 0.2) is 0 Å². The summed E-state index contributed by atoms with van der Waals surface area (Å²) in [6.07, 6.45) is 1.70. The molecular weight excluding hydrogens is 475 g/mol. The quantitative estimate of drug-likeness (QED) is 0.307. The molecule has 4 rings (SSSR count). The summed E-state index contributed by atoms with van der Waals surface area (Å²) in [5.74, 6) is 0.0520. The highest BCUT2D eigenvalue weighted by molar-refractivity contribution is 6.33. The van der Waals surface area contributed by atoms with Crippen molar-refractivity contribution in [3.8, 4) is 34.0 Å². The first-order valence-electron chi connectivity index (χ1n) is 10.3. The third-order valence-electron chi connectivity index (χ3n) is 5.11. The van der Waals surface area contributed by atoms with Crippen LogP contribution in [0.1, 0.15) is 21.6 Å². The standard InChI is InChI=1S/C26H20Cl2N2O4/c1-15-11-21(28)25(29-13-15)19-8-10-22(26(31)32)30-24(19)17-5-9-20(27)23(12-17)34-14-16-3-6-18(33-2)7-4-16/h3-13H,14H2,1-2H3,(H,31,32). The van der Waals surface area contributed by atoms with Gasteiger partial charge in [-0.1, -0.05) is 41.4 Å². The van der Waals surface area contributed by atoms with Crippen LogP contribution in [0.2, 0.25) is 10.0 Å². The van der Waals surface area contributed by atoms with Gasteiger partial charge >= 0.3 is 5.97 Å². The Morgan fingerprint density at radius 2 is 1.74 bits per heavy atom. The number of carbonyl (C=O) groups is 1. The van der Waals surface area contributed by atoms with Gasteiger partial charge in [-0.05, 0) is 60.5 Å². The number of carboxylic acid groups (broad SMARTS) is 1. The van der Waals surface area contributed by atoms with Gasteiger partial charge in [0.1, 0.15) is 23.8 Å². The van der Waals surface area contributed by atoms with Crippen molar-refractivity contribution < 1.29 is 19.4 Å². The van der Waals surface area contributed by atoms with Crippen LogP contribution < -0.4 is 9.47 Å². The van der Waals surface area contributed by atoms with Crippen molar-refractivity contribution in [1.29, 1.82) is 0 Å². The normalized spacial score (nSPS) is 10.7. The molecule has 0 aliphatic heterocycles. The summed E-state index contributed by atoms with van der Waals surface area (Å²) in [5.41, 5.74) is 3.86. The van der Waals surface area contributed by atoms with E-state index in [2.05, 4.69) is 9.97 Å². The summed E-state index contributed by atoms with van der Waals surface area (Å²) < 4.78 is 11.1. The van der Waals surface area contributed by atoms with E-state index in [1.54, 1.807) is 43.6 Å². The highest BCUT2D eigenvalue weighted by atomic mass is 35.5. The van der Waals surface area contributed by atoms with E-state index < -0.39 is 5.97 Å². The molecule has 34 heavy (non-hydrogen) atoms. The summed E-state index contributed by atoms with van der Waals surface area (Å²) >= 11 is 12.8. The maximum atomic E-state index is 11.6. The molecule has 0 unspecified atom stereocenters. The Morgan fingerprint density at radius 1 is 0.971 bits per heavy atom. The molecule has 1 N–H and O–H groups in total. The number of nitrogens with zero attached hydrogens (tertiary/aromatic N) is 2. The number of aryl methyl sites for hydroxylation is 1. The minimum absolute atomic E-state index is 0.0994. The lowest BCUT2D eigenvalue weighted by Crippen LogP contribution is -2.03. The van der Waals surface area contributed by atoms with E-state index in [4.69, 9.17) is 32.7 Å². The number of ether oxygens (including phenoxy) is 2. The van der Waals surface area contributed by atoms with E-state index in [0.29, 0.717) is 38.3 Å². The minimum atomic E-state index is -1.14. The number of hydrogen-bond acceptors (Lipinski definition) is 5. The molecule has 6 nitrogen and oxygen atoms in total. The van der Waals surface area contributed by atoms with Crippen LogP contribution in [0.4, 0.5) is 0 Å². The first kappa shape index (κ1) is 23.5. The van der Waals surface area contributed by atoms with E-state index in [1.165, 1.54) is 6.07 Å². The van der Waals surface area contributed by atoms with Crippen molar-refractivity contribution in [3.63, 3.8) is 0 Å². The maximum absolute atomic E-state index is 11.6. The fourth-order valence-corrected chi connectivity index (χ4v) is 3.86. The van der Waals surface area contributed by atoms with Gasteiger partial charge in [-0.3, -0.25) is 4.98 Å². The Balaban J connectivity index is 1.74. The van der Waals surface area contributed by atoms with Crippen LogP contribution in [0.25, 0.3) is 22.5 Å². The fraction of sp³-hybridized carbons (Fsp3) is 0.115. The third kappa shape index (κ3) is 5.14. The van der Waals surface area contributed by atoms with Crippen molar-refractivity contribution in [3.05, 3.63) is 93.7 Å². The van der Waals surface area contributed by atoms with E-state index in [1.807, 2.05) is 31.2 Å². The molecule has 0 spiro atoms. The average Bonchev–Trinajstić information content (AvgIpc) is 2.83. The average molecular weight is 495 g/mol. The van der Waals surface area contributed by atoms with Gasteiger partial charge in [0, 0.05) is 17.3 Å². The summed E-state index contributed by atoms with van der Waals surface area (Å²) in [7, 11) is 1.61. The molecule has 0 fully saturated rings. The van der Waals surface area contributed by atoms with Crippen molar-refractivity contribution in [2.75, 3.05) is 7.11 Å². The Morgan fingerprint density at radius 3 is 2.41 bits per heavy atom. The first-order chi connectivity index (χ1) is 16.4. The molecule has 0 atom stereocenters. The number of methoxy groups -OCH3 is 1. The largest absolute Gasteiger partial charge is 0.497 e. The van der Waals surface area contributed by atoms with Crippen molar-refractivity contribution in [2.24, 2.45) is 0 Å². The molecule has 0 aliphatic carbocycles. The van der Waals surface area contributed by atoms with Crippen LogP contribution >= 0.6 is 23.2 Å². The first-order valence-corrected chi connectivity index (χ1v) is 11.0. The van der Waals surface area contributed by atoms with E-state index >= 15 is 0 Å². The number of aromatic carboxylic acids is 1. The second-order valence-corrected chi connectivity index (χ2v) is 8.34. The SMILES string of the molecule is COc1ccc(COc2cc(-c3nc(C(=O)O)ccc3-c3ncc(C)cc3Cl)ccc2Cl)cc1.